The van der Waals surface area contributed by atoms with Gasteiger partial charge in [-0.3, -0.25) is 4.79 Å². The van der Waals surface area contributed by atoms with E-state index in [1.807, 2.05) is 55.5 Å². The normalized spacial score (nSPS) is 11.0. The lowest BCUT2D eigenvalue weighted by atomic mass is 10.1. The summed E-state index contributed by atoms with van der Waals surface area (Å²) in [6.45, 7) is 5.50. The van der Waals surface area contributed by atoms with E-state index in [0.29, 0.717) is 5.75 Å². The highest BCUT2D eigenvalue weighted by Crippen LogP contribution is 2.22. The van der Waals surface area contributed by atoms with Crippen LogP contribution in [0.3, 0.4) is 0 Å². The molecule has 0 aliphatic rings. The molecule has 2 aromatic carbocycles. The van der Waals surface area contributed by atoms with Gasteiger partial charge in [0.2, 0.25) is 0 Å². The smallest absolute Gasteiger partial charge is 0.267 e. The van der Waals surface area contributed by atoms with Crippen LogP contribution in [0.2, 0.25) is 0 Å². The Hall–Kier alpha value is -1.81. The molecular formula is C17H18BrNO2. The van der Waals surface area contributed by atoms with Crippen LogP contribution in [0.4, 0.5) is 5.69 Å². The Bertz CT molecular complexity index is 618. The van der Waals surface area contributed by atoms with Crippen molar-refractivity contribution in [1.29, 1.82) is 0 Å². The van der Waals surface area contributed by atoms with Crippen molar-refractivity contribution in [2.45, 2.75) is 26.4 Å². The largest absolute Gasteiger partial charge is 0.478 e. The van der Waals surface area contributed by atoms with Gasteiger partial charge in [-0.05, 0) is 57.2 Å². The van der Waals surface area contributed by atoms with E-state index in [-0.39, 0.29) is 5.91 Å². The minimum atomic E-state index is -0.960. The van der Waals surface area contributed by atoms with Crippen LogP contribution in [-0.2, 0) is 4.79 Å². The van der Waals surface area contributed by atoms with Crippen LogP contribution < -0.4 is 10.1 Å². The van der Waals surface area contributed by atoms with Gasteiger partial charge < -0.3 is 10.1 Å². The van der Waals surface area contributed by atoms with Gasteiger partial charge in [-0.2, -0.15) is 0 Å². The van der Waals surface area contributed by atoms with Gasteiger partial charge in [0.05, 0.1) is 0 Å². The average Bonchev–Trinajstić information content (AvgIpc) is 2.43. The monoisotopic (exact) mass is 347 g/mol. The van der Waals surface area contributed by atoms with Crippen molar-refractivity contribution in [3.63, 3.8) is 0 Å². The topological polar surface area (TPSA) is 38.3 Å². The maximum atomic E-state index is 12.3. The van der Waals surface area contributed by atoms with Crippen molar-refractivity contribution >= 4 is 27.5 Å². The minimum Gasteiger partial charge on any atom is -0.478 e. The number of carbonyl (C=O) groups is 1. The second-order valence-electron chi connectivity index (χ2n) is 5.39. The molecule has 0 aliphatic carbocycles. The summed E-state index contributed by atoms with van der Waals surface area (Å²) < 4.78 is 6.75. The maximum Gasteiger partial charge on any atom is 0.267 e. The average molecular weight is 348 g/mol. The van der Waals surface area contributed by atoms with Crippen molar-refractivity contribution < 1.29 is 9.53 Å². The molecule has 0 aromatic heterocycles. The van der Waals surface area contributed by atoms with Crippen LogP contribution >= 0.6 is 15.9 Å². The Morgan fingerprint density at radius 1 is 1.05 bits per heavy atom. The molecule has 21 heavy (non-hydrogen) atoms. The Kier molecular flexibility index (Phi) is 4.68. The molecule has 0 saturated heterocycles. The Labute approximate surface area is 133 Å². The molecule has 0 unspecified atom stereocenters. The van der Waals surface area contributed by atoms with E-state index in [1.54, 1.807) is 13.8 Å². The second-order valence-corrected chi connectivity index (χ2v) is 6.30. The molecule has 0 aliphatic heterocycles. The quantitative estimate of drug-likeness (QED) is 0.880. The van der Waals surface area contributed by atoms with Gasteiger partial charge in [-0.15, -0.1) is 0 Å². The molecule has 0 bridgehead atoms. The standard InChI is InChI=1S/C17H18BrNO2/c1-12-4-8-14(9-5-12)19-16(20)17(2,3)21-15-10-6-13(18)7-11-15/h4-11H,1-3H3,(H,19,20). The number of benzene rings is 2. The molecule has 2 aromatic rings. The summed E-state index contributed by atoms with van der Waals surface area (Å²) in [5.74, 6) is 0.469. The van der Waals surface area contributed by atoms with Crippen LogP contribution in [0.5, 0.6) is 5.75 Å². The number of halogens is 1. The first-order chi connectivity index (χ1) is 9.87. The Morgan fingerprint density at radius 2 is 1.62 bits per heavy atom. The lowest BCUT2D eigenvalue weighted by molar-refractivity contribution is -0.128. The molecule has 0 saturated carbocycles. The van der Waals surface area contributed by atoms with Crippen molar-refractivity contribution in [2.75, 3.05) is 5.32 Å². The number of rotatable bonds is 4. The number of hydrogen-bond donors (Lipinski definition) is 1. The highest BCUT2D eigenvalue weighted by atomic mass is 79.9. The zero-order valence-corrected chi connectivity index (χ0v) is 13.9. The van der Waals surface area contributed by atoms with Gasteiger partial charge in [0, 0.05) is 10.2 Å². The van der Waals surface area contributed by atoms with Crippen molar-refractivity contribution in [1.82, 2.24) is 0 Å². The molecule has 0 heterocycles. The fourth-order valence-corrected chi connectivity index (χ4v) is 2.03. The number of aryl methyl sites for hydroxylation is 1. The number of carbonyl (C=O) groups excluding carboxylic acids is 1. The highest BCUT2D eigenvalue weighted by molar-refractivity contribution is 9.10. The van der Waals surface area contributed by atoms with Crippen molar-refractivity contribution in [2.24, 2.45) is 0 Å². The number of anilines is 1. The lowest BCUT2D eigenvalue weighted by Gasteiger charge is -2.25. The van der Waals surface area contributed by atoms with Gasteiger partial charge >= 0.3 is 0 Å². The molecule has 0 atom stereocenters. The molecule has 1 N–H and O–H groups in total. The maximum absolute atomic E-state index is 12.3. The molecule has 4 heteroatoms. The molecule has 1 amide bonds. The zero-order chi connectivity index (χ0) is 15.5. The van der Waals surface area contributed by atoms with Crippen LogP contribution in [0.15, 0.2) is 53.0 Å². The van der Waals surface area contributed by atoms with Gasteiger partial charge in [-0.1, -0.05) is 33.6 Å². The predicted octanol–water partition coefficient (Wildman–Crippen LogP) is 4.55. The fourth-order valence-electron chi connectivity index (χ4n) is 1.76. The Morgan fingerprint density at radius 3 is 2.19 bits per heavy atom. The third kappa shape index (κ3) is 4.33. The van der Waals surface area contributed by atoms with Gasteiger partial charge in [0.25, 0.3) is 5.91 Å². The van der Waals surface area contributed by atoms with E-state index in [2.05, 4.69) is 21.2 Å². The zero-order valence-electron chi connectivity index (χ0n) is 12.3. The van der Waals surface area contributed by atoms with E-state index in [0.717, 1.165) is 15.7 Å². The molecule has 110 valence electrons. The highest BCUT2D eigenvalue weighted by Gasteiger charge is 2.30. The minimum absolute atomic E-state index is 0.186. The SMILES string of the molecule is Cc1ccc(NC(=O)C(C)(C)Oc2ccc(Br)cc2)cc1. The lowest BCUT2D eigenvalue weighted by Crippen LogP contribution is -2.42. The Balaban J connectivity index is 2.05. The summed E-state index contributed by atoms with van der Waals surface area (Å²) in [5.41, 5.74) is 0.954. The number of ether oxygens (including phenoxy) is 1. The van der Waals surface area contributed by atoms with Crippen LogP contribution in [0, 0.1) is 6.92 Å². The van der Waals surface area contributed by atoms with E-state index >= 15 is 0 Å². The molecule has 0 fully saturated rings. The second kappa shape index (κ2) is 6.31. The summed E-state index contributed by atoms with van der Waals surface area (Å²) in [7, 11) is 0. The molecule has 0 spiro atoms. The summed E-state index contributed by atoms with van der Waals surface area (Å²) in [4.78, 5) is 12.3. The summed E-state index contributed by atoms with van der Waals surface area (Å²) >= 11 is 3.37. The number of amides is 1. The third-order valence-corrected chi connectivity index (χ3v) is 3.57. The summed E-state index contributed by atoms with van der Waals surface area (Å²) in [6.07, 6.45) is 0. The van der Waals surface area contributed by atoms with Gasteiger partial charge in [-0.25, -0.2) is 0 Å². The van der Waals surface area contributed by atoms with E-state index in [1.165, 1.54) is 0 Å². The van der Waals surface area contributed by atoms with Crippen LogP contribution in [0.25, 0.3) is 0 Å². The number of nitrogens with one attached hydrogen (secondary N) is 1. The molecule has 3 nitrogen and oxygen atoms in total. The van der Waals surface area contributed by atoms with E-state index < -0.39 is 5.60 Å². The van der Waals surface area contributed by atoms with Gasteiger partial charge in [0.1, 0.15) is 5.75 Å². The van der Waals surface area contributed by atoms with Crippen molar-refractivity contribution in [3.8, 4) is 5.75 Å². The summed E-state index contributed by atoms with van der Waals surface area (Å²) in [6, 6.07) is 15.1. The first-order valence-electron chi connectivity index (χ1n) is 6.69. The molecule has 0 radical (unpaired) electrons. The van der Waals surface area contributed by atoms with E-state index in [9.17, 15) is 4.79 Å². The van der Waals surface area contributed by atoms with Crippen LogP contribution in [0.1, 0.15) is 19.4 Å². The predicted molar refractivity (Wildman–Crippen MR) is 88.7 cm³/mol. The molecular weight excluding hydrogens is 330 g/mol. The van der Waals surface area contributed by atoms with E-state index in [4.69, 9.17) is 4.74 Å². The van der Waals surface area contributed by atoms with Crippen molar-refractivity contribution in [3.05, 3.63) is 58.6 Å². The fraction of sp³-hybridized carbons (Fsp3) is 0.235. The third-order valence-electron chi connectivity index (χ3n) is 3.04. The van der Waals surface area contributed by atoms with Gasteiger partial charge in [0.15, 0.2) is 5.60 Å². The molecule has 2 rings (SSSR count). The first-order valence-corrected chi connectivity index (χ1v) is 7.49. The summed E-state index contributed by atoms with van der Waals surface area (Å²) in [5, 5.41) is 2.87. The van der Waals surface area contributed by atoms with Crippen LogP contribution in [-0.4, -0.2) is 11.5 Å². The number of hydrogen-bond acceptors (Lipinski definition) is 2. The first kappa shape index (κ1) is 15.6.